The number of hydrogen-bond donors (Lipinski definition) is 1. The lowest BCUT2D eigenvalue weighted by molar-refractivity contribution is -0.143. The molecule has 4 amide bonds. The minimum absolute atomic E-state index is 0.107. The van der Waals surface area contributed by atoms with E-state index >= 15 is 0 Å². The second kappa shape index (κ2) is 7.89. The summed E-state index contributed by atoms with van der Waals surface area (Å²) in [6.07, 6.45) is 9.11. The number of carbonyl (C=O) groups is 3. The van der Waals surface area contributed by atoms with Gasteiger partial charge in [-0.3, -0.25) is 14.5 Å². The van der Waals surface area contributed by atoms with E-state index in [9.17, 15) is 14.4 Å². The van der Waals surface area contributed by atoms with Crippen LogP contribution in [0.25, 0.3) is 0 Å². The monoisotopic (exact) mass is 407 g/mol. The average Bonchev–Trinajstić information content (AvgIpc) is 3.08. The summed E-state index contributed by atoms with van der Waals surface area (Å²) < 4.78 is 0. The van der Waals surface area contributed by atoms with Gasteiger partial charge in [-0.15, -0.1) is 0 Å². The first kappa shape index (κ1) is 19.3. The topological polar surface area (TPSA) is 69.7 Å². The highest BCUT2D eigenvalue weighted by atomic mass is 16.2. The Labute approximate surface area is 177 Å². The lowest BCUT2D eigenvalue weighted by Gasteiger charge is -2.38. The number of carbonyl (C=O) groups excluding carboxylic acids is 3. The van der Waals surface area contributed by atoms with Gasteiger partial charge in [-0.25, -0.2) is 4.79 Å². The predicted molar refractivity (Wildman–Crippen MR) is 112 cm³/mol. The van der Waals surface area contributed by atoms with Crippen molar-refractivity contribution in [3.8, 4) is 0 Å². The van der Waals surface area contributed by atoms with Crippen molar-refractivity contribution in [2.75, 3.05) is 13.1 Å². The number of nitrogens with zero attached hydrogens (tertiary/aromatic N) is 2. The van der Waals surface area contributed by atoms with Crippen molar-refractivity contribution in [1.82, 2.24) is 15.1 Å². The van der Waals surface area contributed by atoms with Gasteiger partial charge in [0.25, 0.3) is 0 Å². The molecule has 1 N–H and O–H groups in total. The molecule has 5 atom stereocenters. The van der Waals surface area contributed by atoms with E-state index in [1.807, 2.05) is 35.2 Å². The largest absolute Gasteiger partial charge is 0.325 e. The van der Waals surface area contributed by atoms with Crippen LogP contribution in [0.1, 0.15) is 37.7 Å². The van der Waals surface area contributed by atoms with E-state index in [0.29, 0.717) is 6.42 Å². The molecule has 1 aromatic rings. The van der Waals surface area contributed by atoms with Crippen molar-refractivity contribution in [3.05, 3.63) is 48.0 Å². The molecule has 0 radical (unpaired) electrons. The molecular formula is C24H29N3O3. The third-order valence-electron chi connectivity index (χ3n) is 7.31. The summed E-state index contributed by atoms with van der Waals surface area (Å²) in [7, 11) is 0. The summed E-state index contributed by atoms with van der Waals surface area (Å²) in [5, 5.41) is 3.05. The van der Waals surface area contributed by atoms with Crippen molar-refractivity contribution in [3.63, 3.8) is 0 Å². The Kier molecular flexibility index (Phi) is 5.09. The lowest BCUT2D eigenvalue weighted by atomic mass is 9.63. The smallest absolute Gasteiger partial charge is 0.319 e. The molecule has 6 nitrogen and oxygen atoms in total. The fourth-order valence-electron chi connectivity index (χ4n) is 5.78. The van der Waals surface area contributed by atoms with E-state index in [0.717, 1.165) is 50.8 Å². The van der Waals surface area contributed by atoms with Gasteiger partial charge >= 0.3 is 6.03 Å². The number of amides is 4. The van der Waals surface area contributed by atoms with Crippen LogP contribution in [0.5, 0.6) is 0 Å². The Hall–Kier alpha value is -2.63. The quantitative estimate of drug-likeness (QED) is 0.616. The second-order valence-corrected chi connectivity index (χ2v) is 9.09. The van der Waals surface area contributed by atoms with E-state index in [-0.39, 0.29) is 41.5 Å². The molecule has 1 aromatic carbocycles. The number of urea groups is 1. The van der Waals surface area contributed by atoms with Crippen LogP contribution in [-0.4, -0.2) is 46.9 Å². The summed E-state index contributed by atoms with van der Waals surface area (Å²) in [5.74, 6) is -0.432. The molecule has 6 heteroatoms. The van der Waals surface area contributed by atoms with Crippen LogP contribution < -0.4 is 5.32 Å². The summed E-state index contributed by atoms with van der Waals surface area (Å²) in [6.45, 7) is 1.45. The maximum Gasteiger partial charge on any atom is 0.319 e. The fourth-order valence-corrected chi connectivity index (χ4v) is 5.78. The average molecular weight is 408 g/mol. The fraction of sp³-hybridized carbons (Fsp3) is 0.542. The Balaban J connectivity index is 1.41. The van der Waals surface area contributed by atoms with Crippen LogP contribution in [-0.2, 0) is 16.0 Å². The Morgan fingerprint density at radius 3 is 2.10 bits per heavy atom. The Morgan fingerprint density at radius 2 is 1.53 bits per heavy atom. The molecule has 3 fully saturated rings. The van der Waals surface area contributed by atoms with Gasteiger partial charge in [0.05, 0.1) is 11.8 Å². The van der Waals surface area contributed by atoms with Gasteiger partial charge < -0.3 is 10.2 Å². The van der Waals surface area contributed by atoms with Crippen LogP contribution in [0.15, 0.2) is 42.5 Å². The molecule has 1 saturated carbocycles. The number of rotatable bonds is 4. The van der Waals surface area contributed by atoms with Gasteiger partial charge in [-0.2, -0.15) is 0 Å². The molecule has 2 aliphatic heterocycles. The van der Waals surface area contributed by atoms with Gasteiger partial charge in [0.15, 0.2) is 0 Å². The minimum Gasteiger partial charge on any atom is -0.325 e. The molecule has 6 rings (SSSR count). The molecule has 0 spiro atoms. The highest BCUT2D eigenvalue weighted by molar-refractivity contribution is 6.06. The highest BCUT2D eigenvalue weighted by Gasteiger charge is 2.58. The van der Waals surface area contributed by atoms with Crippen LogP contribution >= 0.6 is 0 Å². The van der Waals surface area contributed by atoms with Crippen molar-refractivity contribution >= 4 is 17.8 Å². The number of fused-ring (bicyclic) bond motifs is 1. The molecule has 0 aromatic heterocycles. The summed E-state index contributed by atoms with van der Waals surface area (Å²) in [4.78, 5) is 43.1. The first-order valence-corrected chi connectivity index (χ1v) is 11.3. The standard InChI is InChI=1S/C24H29N3O3/c28-22-20-17-9-10-18(12-11-17)21(20)23(29)27(22)19(15-16-7-3-1-4-8-16)25-24(30)26-13-5-2-6-14-26/h1,3-4,7-10,17-21H,2,5-6,11-15H2,(H,25,30)/t17-,18-,19+,20-,21+/m0/s1. The van der Waals surface area contributed by atoms with Gasteiger partial charge in [-0.05, 0) is 49.5 Å². The Bertz CT molecular complexity index is 830. The second-order valence-electron chi connectivity index (χ2n) is 9.09. The summed E-state index contributed by atoms with van der Waals surface area (Å²) >= 11 is 0. The third kappa shape index (κ3) is 3.32. The molecule has 3 aliphatic carbocycles. The molecule has 2 heterocycles. The molecule has 2 bridgehead atoms. The van der Waals surface area contributed by atoms with Crippen molar-refractivity contribution < 1.29 is 14.4 Å². The van der Waals surface area contributed by atoms with Crippen LogP contribution in [0.4, 0.5) is 4.79 Å². The number of likely N-dealkylation sites (tertiary alicyclic amines) is 2. The molecular weight excluding hydrogens is 378 g/mol. The molecule has 5 aliphatic rings. The van der Waals surface area contributed by atoms with Crippen molar-refractivity contribution in [1.29, 1.82) is 0 Å². The van der Waals surface area contributed by atoms with Crippen molar-refractivity contribution in [2.45, 2.75) is 44.7 Å². The Morgan fingerprint density at radius 1 is 0.933 bits per heavy atom. The van der Waals surface area contributed by atoms with Gasteiger partial charge in [-0.1, -0.05) is 42.5 Å². The first-order valence-electron chi connectivity index (χ1n) is 11.3. The molecule has 30 heavy (non-hydrogen) atoms. The number of imide groups is 1. The van der Waals surface area contributed by atoms with E-state index < -0.39 is 6.17 Å². The third-order valence-corrected chi connectivity index (χ3v) is 7.31. The summed E-state index contributed by atoms with van der Waals surface area (Å²) in [6, 6.07) is 9.60. The number of hydrogen-bond acceptors (Lipinski definition) is 3. The molecule has 2 saturated heterocycles. The highest BCUT2D eigenvalue weighted by Crippen LogP contribution is 2.50. The van der Waals surface area contributed by atoms with Crippen molar-refractivity contribution in [2.24, 2.45) is 23.7 Å². The zero-order valence-corrected chi connectivity index (χ0v) is 17.2. The van der Waals surface area contributed by atoms with E-state index in [1.54, 1.807) is 0 Å². The predicted octanol–water partition coefficient (Wildman–Crippen LogP) is 2.95. The van der Waals surface area contributed by atoms with Gasteiger partial charge in [0.1, 0.15) is 6.17 Å². The van der Waals surface area contributed by atoms with Crippen LogP contribution in [0, 0.1) is 23.7 Å². The zero-order valence-electron chi connectivity index (χ0n) is 17.2. The SMILES string of the molecule is O=C(N[C@@H](Cc1ccccc1)N1C(=O)[C@@H]2[C@H](C1=O)[C@H]1C=C[C@H]2CC1)N1CCCCC1. The van der Waals surface area contributed by atoms with E-state index in [4.69, 9.17) is 0 Å². The maximum absolute atomic E-state index is 13.4. The minimum atomic E-state index is -0.646. The van der Waals surface area contributed by atoms with Gasteiger partial charge in [0, 0.05) is 19.5 Å². The van der Waals surface area contributed by atoms with E-state index in [2.05, 4.69) is 17.5 Å². The number of nitrogens with one attached hydrogen (secondary N) is 1. The van der Waals surface area contributed by atoms with Crippen LogP contribution in [0.2, 0.25) is 0 Å². The number of benzene rings is 1. The maximum atomic E-state index is 13.4. The normalized spacial score (nSPS) is 31.1. The zero-order chi connectivity index (χ0) is 20.7. The lowest BCUT2D eigenvalue weighted by Crippen LogP contribution is -2.56. The molecule has 158 valence electrons. The summed E-state index contributed by atoms with van der Waals surface area (Å²) in [5.41, 5.74) is 0.998. The van der Waals surface area contributed by atoms with Crippen LogP contribution in [0.3, 0.4) is 0 Å². The number of allylic oxidation sites excluding steroid dienone is 2. The first-order chi connectivity index (χ1) is 14.6. The number of piperidine rings is 1. The van der Waals surface area contributed by atoms with E-state index in [1.165, 1.54) is 4.90 Å². The van der Waals surface area contributed by atoms with Gasteiger partial charge in [0.2, 0.25) is 11.8 Å². The molecule has 0 unspecified atom stereocenters.